The van der Waals surface area contributed by atoms with Gasteiger partial charge in [-0.3, -0.25) is 4.79 Å². The molecule has 0 aromatic carbocycles. The number of hydrogen-bond donors (Lipinski definition) is 0. The van der Waals surface area contributed by atoms with Crippen molar-refractivity contribution in [1.82, 2.24) is 0 Å². The topological polar surface area (TPSA) is 17.1 Å². The third-order valence-electron chi connectivity index (χ3n) is 6.05. The number of alkyl halides is 2. The van der Waals surface area contributed by atoms with Crippen LogP contribution >= 0.6 is 0 Å². The van der Waals surface area contributed by atoms with Gasteiger partial charge in [0, 0.05) is 23.7 Å². The Kier molecular flexibility index (Phi) is 0.732. The minimum atomic E-state index is -2.49. The molecule has 2 bridgehead atoms. The van der Waals surface area contributed by atoms with Gasteiger partial charge in [0.05, 0.1) is 0 Å². The quantitative estimate of drug-likeness (QED) is 0.575. The third kappa shape index (κ3) is 0.361. The fourth-order valence-electron chi connectivity index (χ4n) is 6.07. The van der Waals surface area contributed by atoms with E-state index in [9.17, 15) is 13.6 Å². The second-order valence-corrected chi connectivity index (χ2v) is 5.90. The maximum absolute atomic E-state index is 13.9. The molecule has 14 heavy (non-hydrogen) atoms. The van der Waals surface area contributed by atoms with Gasteiger partial charge in [0.1, 0.15) is 5.78 Å². The molecule has 0 unspecified atom stereocenters. The van der Waals surface area contributed by atoms with Gasteiger partial charge in [0.25, 0.3) is 5.92 Å². The van der Waals surface area contributed by atoms with Gasteiger partial charge >= 0.3 is 0 Å². The highest BCUT2D eigenvalue weighted by atomic mass is 19.3. The molecule has 0 aromatic heterocycles. The SMILES string of the molecule is O=C1[C@@H]2[C@@H]3C[C@@H]4[C@H]5[C@@H]3[C@H]1[C@@H]5C(F)(F)[C@H]42. The number of ketones is 1. The van der Waals surface area contributed by atoms with Crippen LogP contribution in [0.4, 0.5) is 8.78 Å². The standard InChI is InChI=1S/C11H10F2O/c12-11(13)8-3-1-2-4-5(3)9(11)7(4)10(14)6(2)8/h2-9H,1H2/t2-,3-,4-,5+,6-,7+,8-,9-/m1/s1. The van der Waals surface area contributed by atoms with Gasteiger partial charge < -0.3 is 0 Å². The zero-order chi connectivity index (χ0) is 9.40. The van der Waals surface area contributed by atoms with Crippen molar-refractivity contribution in [1.29, 1.82) is 0 Å². The van der Waals surface area contributed by atoms with Crippen LogP contribution in [0.1, 0.15) is 6.42 Å². The molecular weight excluding hydrogens is 186 g/mol. The molecule has 5 rings (SSSR count). The fraction of sp³-hybridized carbons (Fsp3) is 0.909. The average Bonchev–Trinajstić information content (AvgIpc) is 2.52. The van der Waals surface area contributed by atoms with E-state index in [2.05, 4.69) is 0 Å². The molecule has 5 aliphatic rings. The number of Topliss-reactive ketones (excluding diaryl/α,β-unsaturated/α-hetero) is 1. The van der Waals surface area contributed by atoms with E-state index in [0.29, 0.717) is 11.8 Å². The molecule has 5 saturated carbocycles. The summed E-state index contributed by atoms with van der Waals surface area (Å²) in [4.78, 5) is 11.9. The van der Waals surface area contributed by atoms with E-state index in [-0.39, 0.29) is 29.5 Å². The summed E-state index contributed by atoms with van der Waals surface area (Å²) >= 11 is 0. The first-order valence-electron chi connectivity index (χ1n) is 5.55. The van der Waals surface area contributed by atoms with Crippen molar-refractivity contribution >= 4 is 5.78 Å². The summed E-state index contributed by atoms with van der Waals surface area (Å²) in [5.74, 6) is -2.54. The van der Waals surface area contributed by atoms with E-state index in [0.717, 1.165) is 6.42 Å². The second-order valence-electron chi connectivity index (χ2n) is 5.90. The molecule has 0 aliphatic heterocycles. The molecule has 74 valence electrons. The van der Waals surface area contributed by atoms with E-state index >= 15 is 0 Å². The lowest BCUT2D eigenvalue weighted by Crippen LogP contribution is -2.53. The molecule has 0 radical (unpaired) electrons. The first-order chi connectivity index (χ1) is 6.64. The molecule has 0 spiro atoms. The Morgan fingerprint density at radius 2 is 1.86 bits per heavy atom. The Bertz CT molecular complexity index is 391. The molecule has 0 amide bonds. The summed E-state index contributed by atoms with van der Waals surface area (Å²) in [5.41, 5.74) is 0. The minimum Gasteiger partial charge on any atom is -0.299 e. The van der Waals surface area contributed by atoms with Crippen LogP contribution in [0.2, 0.25) is 0 Å². The van der Waals surface area contributed by atoms with Crippen LogP contribution in [0.5, 0.6) is 0 Å². The predicted octanol–water partition coefficient (Wildman–Crippen LogP) is 1.58. The van der Waals surface area contributed by atoms with Crippen molar-refractivity contribution in [3.8, 4) is 0 Å². The molecule has 0 saturated heterocycles. The smallest absolute Gasteiger partial charge is 0.255 e. The maximum Gasteiger partial charge on any atom is 0.255 e. The van der Waals surface area contributed by atoms with Crippen molar-refractivity contribution in [2.45, 2.75) is 12.3 Å². The Morgan fingerprint density at radius 3 is 2.64 bits per heavy atom. The Morgan fingerprint density at radius 1 is 1.07 bits per heavy atom. The Hall–Kier alpha value is -0.470. The van der Waals surface area contributed by atoms with E-state index in [1.54, 1.807) is 0 Å². The van der Waals surface area contributed by atoms with E-state index in [1.165, 1.54) is 0 Å². The third-order valence-corrected chi connectivity index (χ3v) is 6.05. The van der Waals surface area contributed by atoms with Crippen LogP contribution in [-0.2, 0) is 4.79 Å². The van der Waals surface area contributed by atoms with Crippen LogP contribution in [0.3, 0.4) is 0 Å². The molecule has 5 fully saturated rings. The molecule has 0 N–H and O–H groups in total. The van der Waals surface area contributed by atoms with Crippen LogP contribution in [0.25, 0.3) is 0 Å². The fourth-order valence-corrected chi connectivity index (χ4v) is 6.07. The highest BCUT2D eigenvalue weighted by molar-refractivity contribution is 5.91. The summed E-state index contributed by atoms with van der Waals surface area (Å²) < 4.78 is 27.8. The first-order valence-corrected chi connectivity index (χ1v) is 5.55. The number of carbonyl (C=O) groups excluding carboxylic acids is 1. The molecule has 1 nitrogen and oxygen atoms in total. The highest BCUT2D eigenvalue weighted by Gasteiger charge is 2.89. The Labute approximate surface area is 79.9 Å². The van der Waals surface area contributed by atoms with E-state index < -0.39 is 17.8 Å². The molecule has 8 atom stereocenters. The minimum absolute atomic E-state index is 0.214. The normalized spacial score (nSPS) is 73.4. The van der Waals surface area contributed by atoms with Gasteiger partial charge in [0.15, 0.2) is 0 Å². The largest absolute Gasteiger partial charge is 0.299 e. The number of carbonyl (C=O) groups is 1. The van der Waals surface area contributed by atoms with Crippen LogP contribution in [0, 0.1) is 47.3 Å². The van der Waals surface area contributed by atoms with Gasteiger partial charge in [0.2, 0.25) is 0 Å². The van der Waals surface area contributed by atoms with Gasteiger partial charge in [-0.15, -0.1) is 0 Å². The maximum atomic E-state index is 13.9. The Balaban J connectivity index is 1.87. The van der Waals surface area contributed by atoms with E-state index in [4.69, 9.17) is 0 Å². The van der Waals surface area contributed by atoms with Crippen molar-refractivity contribution in [2.24, 2.45) is 47.3 Å². The van der Waals surface area contributed by atoms with Gasteiger partial charge in [-0.2, -0.15) is 0 Å². The molecule has 5 aliphatic carbocycles. The van der Waals surface area contributed by atoms with Crippen molar-refractivity contribution in [2.75, 3.05) is 0 Å². The molecular formula is C11H10F2O. The highest BCUT2D eigenvalue weighted by Crippen LogP contribution is 2.85. The first kappa shape index (κ1) is 6.91. The van der Waals surface area contributed by atoms with Crippen molar-refractivity contribution in [3.05, 3.63) is 0 Å². The number of halogens is 2. The lowest BCUT2D eigenvalue weighted by Gasteiger charge is -2.45. The number of hydrogen-bond acceptors (Lipinski definition) is 1. The molecule has 3 heteroatoms. The zero-order valence-corrected chi connectivity index (χ0v) is 7.49. The van der Waals surface area contributed by atoms with Crippen LogP contribution in [0.15, 0.2) is 0 Å². The second kappa shape index (κ2) is 1.48. The summed E-state index contributed by atoms with van der Waals surface area (Å²) in [6.07, 6.45) is 0.943. The zero-order valence-electron chi connectivity index (χ0n) is 7.49. The van der Waals surface area contributed by atoms with Gasteiger partial charge in [-0.05, 0) is 30.1 Å². The van der Waals surface area contributed by atoms with Gasteiger partial charge in [-0.25, -0.2) is 8.78 Å². The predicted molar refractivity (Wildman–Crippen MR) is 42.5 cm³/mol. The van der Waals surface area contributed by atoms with Crippen molar-refractivity contribution < 1.29 is 13.6 Å². The average molecular weight is 196 g/mol. The number of rotatable bonds is 0. The summed E-state index contributed by atoms with van der Waals surface area (Å²) in [6, 6.07) is 0. The molecule has 0 aromatic rings. The lowest BCUT2D eigenvalue weighted by molar-refractivity contribution is -0.174. The summed E-state index contributed by atoms with van der Waals surface area (Å²) in [7, 11) is 0. The van der Waals surface area contributed by atoms with Crippen LogP contribution < -0.4 is 0 Å². The van der Waals surface area contributed by atoms with Crippen molar-refractivity contribution in [3.63, 3.8) is 0 Å². The summed E-state index contributed by atoms with van der Waals surface area (Å²) in [6.45, 7) is 0. The monoisotopic (exact) mass is 196 g/mol. The van der Waals surface area contributed by atoms with Gasteiger partial charge in [-0.1, -0.05) is 0 Å². The van der Waals surface area contributed by atoms with E-state index in [1.807, 2.05) is 0 Å². The molecule has 0 heterocycles. The number of fused-ring (bicyclic) bond motifs is 2. The lowest BCUT2D eigenvalue weighted by atomic mass is 9.59. The summed E-state index contributed by atoms with van der Waals surface area (Å²) in [5, 5.41) is 0. The van der Waals surface area contributed by atoms with Crippen LogP contribution in [-0.4, -0.2) is 11.7 Å².